The van der Waals surface area contributed by atoms with Gasteiger partial charge in [-0.25, -0.2) is 0 Å². The molecule has 1 aliphatic rings. The highest BCUT2D eigenvalue weighted by Crippen LogP contribution is 2.39. The van der Waals surface area contributed by atoms with Crippen molar-refractivity contribution in [3.05, 3.63) is 58.7 Å². The molecule has 3 aromatic rings. The van der Waals surface area contributed by atoms with E-state index in [0.717, 1.165) is 41.0 Å². The maximum atomic E-state index is 12.4. The summed E-state index contributed by atoms with van der Waals surface area (Å²) in [7, 11) is 0. The fourth-order valence-electron chi connectivity index (χ4n) is 3.62. The molecule has 7 nitrogen and oxygen atoms in total. The van der Waals surface area contributed by atoms with Crippen LogP contribution in [0.5, 0.6) is 0 Å². The van der Waals surface area contributed by atoms with Crippen LogP contribution in [0.1, 0.15) is 54.0 Å². The van der Waals surface area contributed by atoms with Gasteiger partial charge in [0.1, 0.15) is 5.82 Å². The lowest BCUT2D eigenvalue weighted by Gasteiger charge is -2.08. The molecule has 1 N–H and O–H groups in total. The first-order chi connectivity index (χ1) is 14.6. The van der Waals surface area contributed by atoms with E-state index in [2.05, 4.69) is 51.2 Å². The van der Waals surface area contributed by atoms with Crippen LogP contribution < -0.4 is 5.32 Å². The molecular weight excluding hydrogens is 396 g/mol. The van der Waals surface area contributed by atoms with Crippen LogP contribution in [0.3, 0.4) is 0 Å². The van der Waals surface area contributed by atoms with Gasteiger partial charge < -0.3 is 9.88 Å². The molecule has 0 saturated heterocycles. The second kappa shape index (κ2) is 9.04. The average Bonchev–Trinajstić information content (AvgIpc) is 3.45. The highest BCUT2D eigenvalue weighted by Gasteiger charge is 2.30. The zero-order valence-electron chi connectivity index (χ0n) is 17.8. The number of rotatable bonds is 9. The Morgan fingerprint density at radius 2 is 1.97 bits per heavy atom. The van der Waals surface area contributed by atoms with Gasteiger partial charge in [0.05, 0.1) is 18.0 Å². The van der Waals surface area contributed by atoms with Gasteiger partial charge in [0.2, 0.25) is 5.91 Å². The van der Waals surface area contributed by atoms with Crippen molar-refractivity contribution in [3.63, 3.8) is 0 Å². The lowest BCUT2D eigenvalue weighted by Crippen LogP contribution is -2.25. The van der Waals surface area contributed by atoms with E-state index in [0.29, 0.717) is 18.2 Å². The number of amides is 1. The molecule has 2 aromatic heterocycles. The molecule has 0 bridgehead atoms. The van der Waals surface area contributed by atoms with Crippen LogP contribution in [-0.2, 0) is 24.4 Å². The minimum atomic E-state index is -0.00626. The Hall–Kier alpha value is -2.61. The third kappa shape index (κ3) is 4.59. The lowest BCUT2D eigenvalue weighted by molar-refractivity contribution is -0.118. The van der Waals surface area contributed by atoms with E-state index in [9.17, 15) is 4.79 Å². The summed E-state index contributed by atoms with van der Waals surface area (Å²) in [6.45, 7) is 8.20. The number of carbonyl (C=O) groups excluding carboxylic acids is 1. The highest BCUT2D eigenvalue weighted by molar-refractivity contribution is 7.99. The summed E-state index contributed by atoms with van der Waals surface area (Å²) in [6.07, 6.45) is 2.39. The number of carbonyl (C=O) groups is 1. The van der Waals surface area contributed by atoms with Gasteiger partial charge in [-0.05, 0) is 39.2 Å². The molecule has 0 radical (unpaired) electrons. The lowest BCUT2D eigenvalue weighted by atomic mass is 10.2. The van der Waals surface area contributed by atoms with E-state index >= 15 is 0 Å². The van der Waals surface area contributed by atoms with Crippen molar-refractivity contribution < 1.29 is 4.79 Å². The first kappa shape index (κ1) is 20.7. The Kier molecular flexibility index (Phi) is 6.22. The number of aryl methyl sites for hydroxylation is 1. The van der Waals surface area contributed by atoms with Gasteiger partial charge in [0.15, 0.2) is 5.16 Å². The van der Waals surface area contributed by atoms with E-state index in [1.165, 1.54) is 30.2 Å². The van der Waals surface area contributed by atoms with Crippen LogP contribution in [0.25, 0.3) is 0 Å². The number of hydrogen-bond acceptors (Lipinski definition) is 5. The molecule has 0 atom stereocenters. The van der Waals surface area contributed by atoms with Crippen molar-refractivity contribution in [2.45, 2.75) is 64.3 Å². The Morgan fingerprint density at radius 3 is 2.67 bits per heavy atom. The van der Waals surface area contributed by atoms with Crippen LogP contribution in [0.4, 0.5) is 0 Å². The van der Waals surface area contributed by atoms with Crippen LogP contribution in [0.15, 0.2) is 35.5 Å². The summed E-state index contributed by atoms with van der Waals surface area (Å²) in [5.41, 5.74) is 4.33. The van der Waals surface area contributed by atoms with E-state index in [-0.39, 0.29) is 5.91 Å². The van der Waals surface area contributed by atoms with Gasteiger partial charge in [-0.1, -0.05) is 42.1 Å². The van der Waals surface area contributed by atoms with Gasteiger partial charge in [0, 0.05) is 30.3 Å². The van der Waals surface area contributed by atoms with Crippen molar-refractivity contribution in [2.24, 2.45) is 0 Å². The summed E-state index contributed by atoms with van der Waals surface area (Å²) in [5, 5.41) is 17.2. The average molecular weight is 425 g/mol. The third-order valence-electron chi connectivity index (χ3n) is 5.51. The molecule has 1 saturated carbocycles. The van der Waals surface area contributed by atoms with Gasteiger partial charge in [-0.2, -0.15) is 5.10 Å². The van der Waals surface area contributed by atoms with Crippen LogP contribution in [0, 0.1) is 13.8 Å². The van der Waals surface area contributed by atoms with Crippen LogP contribution in [-0.4, -0.2) is 36.2 Å². The third-order valence-corrected chi connectivity index (χ3v) is 6.47. The Balaban J connectivity index is 1.33. The summed E-state index contributed by atoms with van der Waals surface area (Å²) < 4.78 is 4.14. The van der Waals surface area contributed by atoms with Gasteiger partial charge in [-0.15, -0.1) is 10.2 Å². The van der Waals surface area contributed by atoms with E-state index in [1.54, 1.807) is 0 Å². The summed E-state index contributed by atoms with van der Waals surface area (Å²) in [4.78, 5) is 12.4. The molecule has 4 rings (SSSR count). The number of nitrogens with zero attached hydrogens (tertiary/aromatic N) is 5. The molecule has 158 valence electrons. The number of benzene rings is 1. The number of nitrogens with one attached hydrogen (secondary N) is 1. The monoisotopic (exact) mass is 424 g/mol. The molecule has 2 heterocycles. The Bertz CT molecular complexity index is 1020. The van der Waals surface area contributed by atoms with Crippen LogP contribution in [0.2, 0.25) is 0 Å². The summed E-state index contributed by atoms with van der Waals surface area (Å²) in [6, 6.07) is 10.3. The van der Waals surface area contributed by atoms with Crippen molar-refractivity contribution in [2.75, 3.05) is 5.75 Å². The maximum absolute atomic E-state index is 12.4. The molecule has 0 unspecified atom stereocenters. The minimum absolute atomic E-state index is 0.00626. The van der Waals surface area contributed by atoms with Crippen molar-refractivity contribution in [1.29, 1.82) is 0 Å². The normalized spacial score (nSPS) is 13.6. The molecule has 0 spiro atoms. The molecule has 1 amide bonds. The molecule has 0 aliphatic heterocycles. The van der Waals surface area contributed by atoms with E-state index in [4.69, 9.17) is 0 Å². The first-order valence-corrected chi connectivity index (χ1v) is 11.4. The van der Waals surface area contributed by atoms with Crippen molar-refractivity contribution in [1.82, 2.24) is 29.9 Å². The minimum Gasteiger partial charge on any atom is -0.351 e. The van der Waals surface area contributed by atoms with Crippen molar-refractivity contribution in [3.8, 4) is 0 Å². The second-order valence-electron chi connectivity index (χ2n) is 7.72. The molecule has 1 fully saturated rings. The number of thioether (sulfide) groups is 1. The quantitative estimate of drug-likeness (QED) is 0.533. The number of hydrogen-bond donors (Lipinski definition) is 1. The SMILES string of the molecule is CCn1c(SCC(=O)NCc2c(C)nn(Cc3ccccc3)c2C)nnc1C1CC1. The predicted molar refractivity (Wildman–Crippen MR) is 117 cm³/mol. The smallest absolute Gasteiger partial charge is 0.230 e. The molecule has 1 aromatic carbocycles. The van der Waals surface area contributed by atoms with E-state index in [1.807, 2.05) is 29.8 Å². The molecule has 1 aliphatic carbocycles. The Morgan fingerprint density at radius 1 is 1.20 bits per heavy atom. The first-order valence-electron chi connectivity index (χ1n) is 10.5. The topological polar surface area (TPSA) is 77.6 Å². The predicted octanol–water partition coefficient (Wildman–Crippen LogP) is 3.45. The molecule has 8 heteroatoms. The highest BCUT2D eigenvalue weighted by atomic mass is 32.2. The maximum Gasteiger partial charge on any atom is 0.230 e. The molecule has 30 heavy (non-hydrogen) atoms. The van der Waals surface area contributed by atoms with Crippen molar-refractivity contribution >= 4 is 17.7 Å². The van der Waals surface area contributed by atoms with Gasteiger partial charge in [0.25, 0.3) is 0 Å². The second-order valence-corrected chi connectivity index (χ2v) is 8.66. The zero-order chi connectivity index (χ0) is 21.1. The van der Waals surface area contributed by atoms with Crippen LogP contribution >= 0.6 is 11.8 Å². The standard InChI is InChI=1S/C22H28N6OS/c1-4-27-21(18-10-11-18)24-25-22(27)30-14-20(29)23-12-19-15(2)26-28(16(19)3)13-17-8-6-5-7-9-17/h5-9,18H,4,10-14H2,1-3H3,(H,23,29). The summed E-state index contributed by atoms with van der Waals surface area (Å²) in [5.74, 6) is 1.95. The van der Waals surface area contributed by atoms with E-state index < -0.39 is 0 Å². The largest absolute Gasteiger partial charge is 0.351 e. The zero-order valence-corrected chi connectivity index (χ0v) is 18.6. The van der Waals surface area contributed by atoms with Gasteiger partial charge >= 0.3 is 0 Å². The fraction of sp³-hybridized carbons (Fsp3) is 0.455. The summed E-state index contributed by atoms with van der Waals surface area (Å²) >= 11 is 1.45. The van der Waals surface area contributed by atoms with Gasteiger partial charge in [-0.3, -0.25) is 9.48 Å². The fourth-order valence-corrected chi connectivity index (χ4v) is 4.46. The Labute approximate surface area is 181 Å². The molecular formula is C22H28N6OS. The number of aromatic nitrogens is 5.